The number of amides is 1. The number of anilines is 1. The summed E-state index contributed by atoms with van der Waals surface area (Å²) < 4.78 is 10.6. The molecule has 1 amide bonds. The van der Waals surface area contributed by atoms with Crippen LogP contribution < -0.4 is 10.6 Å². The molecule has 0 unspecified atom stereocenters. The van der Waals surface area contributed by atoms with Crippen molar-refractivity contribution in [1.29, 1.82) is 0 Å². The van der Waals surface area contributed by atoms with Gasteiger partial charge in [0, 0.05) is 32.6 Å². The first kappa shape index (κ1) is 27.8. The van der Waals surface area contributed by atoms with E-state index in [9.17, 15) is 4.79 Å². The smallest absolute Gasteiger partial charge is 0.246 e. The minimum Gasteiger partial charge on any atom is -0.379 e. The molecule has 198 valence electrons. The molecule has 1 aliphatic heterocycles. The van der Waals surface area contributed by atoms with Gasteiger partial charge in [0.25, 0.3) is 0 Å². The van der Waals surface area contributed by atoms with Gasteiger partial charge in [0.1, 0.15) is 11.4 Å². The molecule has 1 aromatic rings. The first-order valence-corrected chi connectivity index (χ1v) is 13.7. The molecule has 10 heteroatoms. The Morgan fingerprint density at radius 1 is 1.14 bits per heavy atom. The summed E-state index contributed by atoms with van der Waals surface area (Å²) in [5.41, 5.74) is 1.62. The van der Waals surface area contributed by atoms with Crippen LogP contribution in [0.2, 0.25) is 0 Å². The number of hydroxylamine groups is 2. The lowest BCUT2D eigenvalue weighted by molar-refractivity contribution is -0.205. The first-order chi connectivity index (χ1) is 17.0. The van der Waals surface area contributed by atoms with E-state index in [4.69, 9.17) is 26.3 Å². The summed E-state index contributed by atoms with van der Waals surface area (Å²) in [4.78, 5) is 21.5. The average Bonchev–Trinajstić information content (AvgIpc) is 3.19. The highest BCUT2D eigenvalue weighted by Gasteiger charge is 2.26. The first-order valence-electron chi connectivity index (χ1n) is 13.3. The maximum absolute atomic E-state index is 13.0. The van der Waals surface area contributed by atoms with Crippen LogP contribution in [0.25, 0.3) is 0 Å². The lowest BCUT2D eigenvalue weighted by atomic mass is 9.95. The van der Waals surface area contributed by atoms with Gasteiger partial charge in [-0.3, -0.25) is 14.5 Å². The quantitative estimate of drug-likeness (QED) is 0.233. The molecule has 1 saturated carbocycles. The molecule has 0 spiro atoms. The topological polar surface area (TPSA) is 92.1 Å². The van der Waals surface area contributed by atoms with Crippen LogP contribution in [0.15, 0.2) is 4.52 Å². The number of nitrogens with one attached hydrogen (secondary N) is 2. The summed E-state index contributed by atoms with van der Waals surface area (Å²) >= 11 is 5.36. The van der Waals surface area contributed by atoms with Crippen LogP contribution >= 0.6 is 12.2 Å². The van der Waals surface area contributed by atoms with Crippen LogP contribution in [0.5, 0.6) is 0 Å². The van der Waals surface area contributed by atoms with Crippen molar-refractivity contribution in [2.24, 2.45) is 0 Å². The number of ether oxygens (including phenoxy) is 1. The van der Waals surface area contributed by atoms with E-state index >= 15 is 0 Å². The van der Waals surface area contributed by atoms with Gasteiger partial charge in [-0.05, 0) is 51.7 Å². The fourth-order valence-corrected chi connectivity index (χ4v) is 4.88. The van der Waals surface area contributed by atoms with Gasteiger partial charge in [-0.15, -0.1) is 0 Å². The monoisotopic (exact) mass is 509 g/mol. The molecular formula is C25H43N5O4S. The molecule has 0 radical (unpaired) electrons. The molecule has 2 N–H and O–H groups in total. The number of aromatic nitrogens is 1. The highest BCUT2D eigenvalue weighted by atomic mass is 32.1. The normalized spacial score (nSPS) is 17.3. The zero-order valence-electron chi connectivity index (χ0n) is 21.5. The van der Waals surface area contributed by atoms with Crippen molar-refractivity contribution in [2.75, 3.05) is 51.3 Å². The van der Waals surface area contributed by atoms with Crippen LogP contribution in [-0.4, -0.2) is 78.2 Å². The van der Waals surface area contributed by atoms with Gasteiger partial charge in [-0.25, -0.2) is 5.06 Å². The second-order valence-corrected chi connectivity index (χ2v) is 9.95. The van der Waals surface area contributed by atoms with Gasteiger partial charge in [0.15, 0.2) is 10.9 Å². The Kier molecular flexibility index (Phi) is 12.2. The van der Waals surface area contributed by atoms with E-state index in [0.29, 0.717) is 18.1 Å². The number of thiocarbonyl (C=S) groups is 1. The molecule has 9 nitrogen and oxygen atoms in total. The van der Waals surface area contributed by atoms with Crippen molar-refractivity contribution in [3.05, 3.63) is 11.5 Å². The number of hydrogen-bond donors (Lipinski definition) is 2. The van der Waals surface area contributed by atoms with Gasteiger partial charge in [0.2, 0.25) is 5.91 Å². The Morgan fingerprint density at radius 2 is 1.89 bits per heavy atom. The summed E-state index contributed by atoms with van der Waals surface area (Å²) in [5, 5.41) is 12.6. The van der Waals surface area contributed by atoms with E-state index in [2.05, 4.69) is 20.7 Å². The van der Waals surface area contributed by atoms with Crippen molar-refractivity contribution in [2.45, 2.75) is 84.1 Å². The molecule has 35 heavy (non-hydrogen) atoms. The number of rotatable bonds is 13. The predicted octanol–water partition coefficient (Wildman–Crippen LogP) is 3.95. The second kappa shape index (κ2) is 15.4. The van der Waals surface area contributed by atoms with E-state index in [1.54, 1.807) is 5.06 Å². The van der Waals surface area contributed by atoms with Crippen molar-refractivity contribution in [3.8, 4) is 0 Å². The highest BCUT2D eigenvalue weighted by molar-refractivity contribution is 7.80. The Morgan fingerprint density at radius 3 is 2.60 bits per heavy atom. The SMILES string of the molecule is Cc1noc(C)c1NC(=S)NCCCCCCC(=O)N(OCCN1CCOCC1)C1CCCCC1. The predicted molar refractivity (Wildman–Crippen MR) is 140 cm³/mol. The maximum Gasteiger partial charge on any atom is 0.246 e. The summed E-state index contributed by atoms with van der Waals surface area (Å²) in [7, 11) is 0. The number of hydrogen-bond acceptors (Lipinski definition) is 7. The molecule has 1 aliphatic carbocycles. The molecule has 0 aromatic carbocycles. The Hall–Kier alpha value is -1.75. The van der Waals surface area contributed by atoms with Gasteiger partial charge in [-0.1, -0.05) is 37.3 Å². The highest BCUT2D eigenvalue weighted by Crippen LogP contribution is 2.24. The van der Waals surface area contributed by atoms with Crippen molar-refractivity contribution < 1.29 is 18.9 Å². The van der Waals surface area contributed by atoms with E-state index in [-0.39, 0.29) is 11.9 Å². The van der Waals surface area contributed by atoms with E-state index in [1.165, 1.54) is 19.3 Å². The molecule has 0 bridgehead atoms. The Balaban J connectivity index is 1.29. The fraction of sp³-hybridized carbons (Fsp3) is 0.800. The van der Waals surface area contributed by atoms with Crippen molar-refractivity contribution in [3.63, 3.8) is 0 Å². The maximum atomic E-state index is 13.0. The third kappa shape index (κ3) is 9.67. The lowest BCUT2D eigenvalue weighted by Crippen LogP contribution is -2.44. The average molecular weight is 510 g/mol. The van der Waals surface area contributed by atoms with E-state index < -0.39 is 0 Å². The van der Waals surface area contributed by atoms with Crippen LogP contribution in [0, 0.1) is 13.8 Å². The number of nitrogens with zero attached hydrogens (tertiary/aromatic N) is 3. The Labute approximate surface area is 215 Å². The van der Waals surface area contributed by atoms with Gasteiger partial charge < -0.3 is 19.9 Å². The third-order valence-corrected chi connectivity index (χ3v) is 7.02. The zero-order valence-corrected chi connectivity index (χ0v) is 22.3. The van der Waals surface area contributed by atoms with Crippen LogP contribution in [0.3, 0.4) is 0 Å². The van der Waals surface area contributed by atoms with E-state index in [1.807, 2.05) is 13.8 Å². The summed E-state index contributed by atoms with van der Waals surface area (Å²) in [6.07, 6.45) is 10.2. The van der Waals surface area contributed by atoms with Crippen LogP contribution in [0.4, 0.5) is 5.69 Å². The molecular weight excluding hydrogens is 466 g/mol. The molecule has 2 fully saturated rings. The molecule has 1 saturated heterocycles. The molecule has 0 atom stereocenters. The van der Waals surface area contributed by atoms with Crippen molar-refractivity contribution >= 4 is 28.9 Å². The number of morpholine rings is 1. The number of aryl methyl sites for hydroxylation is 2. The minimum absolute atomic E-state index is 0.141. The van der Waals surface area contributed by atoms with E-state index in [0.717, 1.165) is 95.1 Å². The molecule has 2 aliphatic rings. The number of carbonyl (C=O) groups is 1. The number of unbranched alkanes of at least 4 members (excludes halogenated alkanes) is 3. The largest absolute Gasteiger partial charge is 0.379 e. The molecule has 1 aromatic heterocycles. The lowest BCUT2D eigenvalue weighted by Gasteiger charge is -2.34. The van der Waals surface area contributed by atoms with Crippen LogP contribution in [-0.2, 0) is 14.4 Å². The van der Waals surface area contributed by atoms with Crippen molar-refractivity contribution in [1.82, 2.24) is 20.4 Å². The molecule has 3 rings (SSSR count). The van der Waals surface area contributed by atoms with Crippen LogP contribution in [0.1, 0.15) is 75.7 Å². The van der Waals surface area contributed by atoms with Gasteiger partial charge >= 0.3 is 0 Å². The third-order valence-electron chi connectivity index (χ3n) is 6.77. The summed E-state index contributed by atoms with van der Waals surface area (Å²) in [6, 6.07) is 0.233. The summed E-state index contributed by atoms with van der Waals surface area (Å²) in [5.74, 6) is 0.866. The standard InChI is InChI=1S/C25H43N5O4S/c1-20-24(21(2)34-28-20)27-25(35)26-13-9-4-3-8-12-23(31)30(22-10-6-5-7-11-22)33-19-16-29-14-17-32-18-15-29/h22H,3-19H2,1-2H3,(H2,26,27,35). The van der Waals surface area contributed by atoms with Gasteiger partial charge in [0.05, 0.1) is 25.9 Å². The second-order valence-electron chi connectivity index (χ2n) is 9.54. The van der Waals surface area contributed by atoms with Gasteiger partial charge in [-0.2, -0.15) is 0 Å². The fourth-order valence-electron chi connectivity index (χ4n) is 4.68. The summed E-state index contributed by atoms with van der Waals surface area (Å²) in [6.45, 7) is 9.39. The number of carbonyl (C=O) groups excluding carboxylic acids is 1. The minimum atomic E-state index is 0.141. The Bertz CT molecular complexity index is 758. The zero-order chi connectivity index (χ0) is 24.9. The molecule has 2 heterocycles.